The van der Waals surface area contributed by atoms with E-state index in [1.54, 1.807) is 0 Å². The van der Waals surface area contributed by atoms with Crippen molar-refractivity contribution in [2.45, 2.75) is 39.3 Å². The maximum absolute atomic E-state index is 13.3. The van der Waals surface area contributed by atoms with Crippen LogP contribution in [0.3, 0.4) is 0 Å². The average Bonchev–Trinajstić information content (AvgIpc) is 3.11. The summed E-state index contributed by atoms with van der Waals surface area (Å²) in [6, 6.07) is 7.86. The number of carbonyl (C=O) groups excluding carboxylic acids is 1. The standard InChI is InChI=1S/C21H26N4O2/c1-21(2,3)20-22-12-15-13-25(14-17(15)23-20)19(26)16-6-4-5-7-18(16)24-8-10-27-11-9-24/h4-7,12H,8-11,13-14H2,1-3H3. The van der Waals surface area contributed by atoms with Crippen LogP contribution in [0.1, 0.15) is 48.2 Å². The Hall–Kier alpha value is -2.47. The number of hydrogen-bond acceptors (Lipinski definition) is 5. The van der Waals surface area contributed by atoms with Crippen molar-refractivity contribution in [3.8, 4) is 0 Å². The quantitative estimate of drug-likeness (QED) is 0.818. The molecular weight excluding hydrogens is 340 g/mol. The Balaban J connectivity index is 1.58. The number of hydrogen-bond donors (Lipinski definition) is 0. The molecular formula is C21H26N4O2. The third kappa shape index (κ3) is 3.54. The predicted molar refractivity (Wildman–Crippen MR) is 104 cm³/mol. The Morgan fingerprint density at radius 3 is 2.59 bits per heavy atom. The summed E-state index contributed by atoms with van der Waals surface area (Å²) in [6.45, 7) is 10.4. The van der Waals surface area contributed by atoms with E-state index in [1.165, 1.54) is 0 Å². The molecule has 1 saturated heterocycles. The second-order valence-corrected chi connectivity index (χ2v) is 8.19. The van der Waals surface area contributed by atoms with Crippen molar-refractivity contribution in [2.75, 3.05) is 31.2 Å². The molecule has 2 aliphatic heterocycles. The number of nitrogens with zero attached hydrogens (tertiary/aromatic N) is 4. The lowest BCUT2D eigenvalue weighted by molar-refractivity contribution is 0.0749. The number of ether oxygens (including phenoxy) is 1. The molecule has 3 heterocycles. The van der Waals surface area contributed by atoms with Gasteiger partial charge in [-0.3, -0.25) is 4.79 Å². The number of carbonyl (C=O) groups is 1. The topological polar surface area (TPSA) is 58.6 Å². The minimum atomic E-state index is -0.102. The molecule has 6 nitrogen and oxygen atoms in total. The number of benzene rings is 1. The normalized spacial score (nSPS) is 17.1. The lowest BCUT2D eigenvalue weighted by atomic mass is 9.95. The van der Waals surface area contributed by atoms with Crippen molar-refractivity contribution in [2.24, 2.45) is 0 Å². The van der Waals surface area contributed by atoms with Crippen molar-refractivity contribution in [3.63, 3.8) is 0 Å². The molecule has 142 valence electrons. The van der Waals surface area contributed by atoms with Crippen molar-refractivity contribution in [1.82, 2.24) is 14.9 Å². The fourth-order valence-electron chi connectivity index (χ4n) is 3.56. The molecule has 0 unspecified atom stereocenters. The second kappa shape index (κ2) is 6.93. The van der Waals surface area contributed by atoms with E-state index < -0.39 is 0 Å². The largest absolute Gasteiger partial charge is 0.378 e. The molecule has 1 fully saturated rings. The highest BCUT2D eigenvalue weighted by molar-refractivity contribution is 6.00. The van der Waals surface area contributed by atoms with Crippen LogP contribution in [0.5, 0.6) is 0 Å². The third-order valence-electron chi connectivity index (χ3n) is 5.10. The van der Waals surface area contributed by atoms with Gasteiger partial charge in [0.1, 0.15) is 5.82 Å². The zero-order valence-corrected chi connectivity index (χ0v) is 16.2. The van der Waals surface area contributed by atoms with Crippen LogP contribution in [0.25, 0.3) is 0 Å². The van der Waals surface area contributed by atoms with Gasteiger partial charge in [-0.05, 0) is 12.1 Å². The van der Waals surface area contributed by atoms with E-state index in [1.807, 2.05) is 35.4 Å². The Labute approximate surface area is 160 Å². The second-order valence-electron chi connectivity index (χ2n) is 8.19. The molecule has 0 bridgehead atoms. The van der Waals surface area contributed by atoms with Crippen LogP contribution in [-0.4, -0.2) is 47.1 Å². The van der Waals surface area contributed by atoms with E-state index in [2.05, 4.69) is 30.7 Å². The maximum atomic E-state index is 13.3. The minimum Gasteiger partial charge on any atom is -0.378 e. The fraction of sp³-hybridized carbons (Fsp3) is 0.476. The Morgan fingerprint density at radius 2 is 1.85 bits per heavy atom. The van der Waals surface area contributed by atoms with Crippen LogP contribution in [-0.2, 0) is 23.2 Å². The van der Waals surface area contributed by atoms with Crippen molar-refractivity contribution < 1.29 is 9.53 Å². The van der Waals surface area contributed by atoms with Gasteiger partial charge in [-0.25, -0.2) is 9.97 Å². The van der Waals surface area contributed by atoms with E-state index in [0.29, 0.717) is 26.3 Å². The summed E-state index contributed by atoms with van der Waals surface area (Å²) in [5, 5.41) is 0. The minimum absolute atomic E-state index is 0.0485. The smallest absolute Gasteiger partial charge is 0.256 e. The first-order valence-electron chi connectivity index (χ1n) is 9.50. The molecule has 6 heteroatoms. The summed E-state index contributed by atoms with van der Waals surface area (Å²) in [5.41, 5.74) is 3.64. The number of amides is 1. The fourth-order valence-corrected chi connectivity index (χ4v) is 3.56. The van der Waals surface area contributed by atoms with Gasteiger partial charge < -0.3 is 14.5 Å². The molecule has 0 radical (unpaired) electrons. The molecule has 1 amide bonds. The molecule has 2 aliphatic rings. The summed E-state index contributed by atoms with van der Waals surface area (Å²) in [4.78, 5) is 26.6. The highest BCUT2D eigenvalue weighted by Crippen LogP contribution is 2.28. The molecule has 0 saturated carbocycles. The molecule has 0 spiro atoms. The number of aromatic nitrogens is 2. The van der Waals surface area contributed by atoms with E-state index in [-0.39, 0.29) is 11.3 Å². The third-order valence-corrected chi connectivity index (χ3v) is 5.10. The van der Waals surface area contributed by atoms with Crippen molar-refractivity contribution in [3.05, 3.63) is 53.1 Å². The first-order valence-corrected chi connectivity index (χ1v) is 9.50. The van der Waals surface area contributed by atoms with Gasteiger partial charge in [-0.1, -0.05) is 32.9 Å². The molecule has 0 aliphatic carbocycles. The number of fused-ring (bicyclic) bond motifs is 1. The van der Waals surface area contributed by atoms with Crippen molar-refractivity contribution >= 4 is 11.6 Å². The number of para-hydroxylation sites is 1. The number of anilines is 1. The number of morpholine rings is 1. The lowest BCUT2D eigenvalue weighted by Gasteiger charge is -2.31. The van der Waals surface area contributed by atoms with Gasteiger partial charge in [0.05, 0.1) is 31.0 Å². The zero-order valence-electron chi connectivity index (χ0n) is 16.2. The van der Waals surface area contributed by atoms with Crippen LogP contribution >= 0.6 is 0 Å². The average molecular weight is 366 g/mol. The summed E-state index contributed by atoms with van der Waals surface area (Å²) < 4.78 is 5.45. The van der Waals surface area contributed by atoms with Gasteiger partial charge in [-0.15, -0.1) is 0 Å². The van der Waals surface area contributed by atoms with E-state index in [4.69, 9.17) is 9.72 Å². The van der Waals surface area contributed by atoms with Gasteiger partial charge >= 0.3 is 0 Å². The van der Waals surface area contributed by atoms with Crippen LogP contribution in [0.15, 0.2) is 30.5 Å². The van der Waals surface area contributed by atoms with Gasteiger partial charge in [0, 0.05) is 42.5 Å². The summed E-state index contributed by atoms with van der Waals surface area (Å²) in [5.74, 6) is 0.872. The predicted octanol–water partition coefficient (Wildman–Crippen LogP) is 2.77. The molecule has 2 aromatic rings. The Morgan fingerprint density at radius 1 is 1.11 bits per heavy atom. The van der Waals surface area contributed by atoms with Crippen LogP contribution in [0.2, 0.25) is 0 Å². The molecule has 1 aromatic carbocycles. The Bertz CT molecular complexity index is 854. The van der Waals surface area contributed by atoms with Crippen LogP contribution in [0, 0.1) is 0 Å². The molecule has 0 atom stereocenters. The van der Waals surface area contributed by atoms with E-state index in [0.717, 1.165) is 41.4 Å². The van der Waals surface area contributed by atoms with E-state index in [9.17, 15) is 4.79 Å². The highest BCUT2D eigenvalue weighted by Gasteiger charge is 2.30. The number of rotatable bonds is 2. The van der Waals surface area contributed by atoms with Gasteiger partial charge in [0.2, 0.25) is 0 Å². The lowest BCUT2D eigenvalue weighted by Crippen LogP contribution is -2.38. The highest BCUT2D eigenvalue weighted by atomic mass is 16.5. The summed E-state index contributed by atoms with van der Waals surface area (Å²) >= 11 is 0. The SMILES string of the molecule is CC(C)(C)c1ncc2c(n1)CN(C(=O)c1ccccc1N1CCOCC1)C2. The summed E-state index contributed by atoms with van der Waals surface area (Å²) in [6.07, 6.45) is 1.88. The molecule has 27 heavy (non-hydrogen) atoms. The first-order chi connectivity index (χ1) is 12.9. The first kappa shape index (κ1) is 17.9. The Kier molecular flexibility index (Phi) is 4.60. The molecule has 0 N–H and O–H groups in total. The summed E-state index contributed by atoms with van der Waals surface area (Å²) in [7, 11) is 0. The molecule has 1 aromatic heterocycles. The van der Waals surface area contributed by atoms with Gasteiger partial charge in [0.15, 0.2) is 0 Å². The molecule has 4 rings (SSSR count). The monoisotopic (exact) mass is 366 g/mol. The van der Waals surface area contributed by atoms with Gasteiger partial charge in [-0.2, -0.15) is 0 Å². The van der Waals surface area contributed by atoms with Crippen LogP contribution < -0.4 is 4.90 Å². The van der Waals surface area contributed by atoms with Crippen LogP contribution in [0.4, 0.5) is 5.69 Å². The van der Waals surface area contributed by atoms with Crippen molar-refractivity contribution in [1.29, 1.82) is 0 Å². The van der Waals surface area contributed by atoms with Gasteiger partial charge in [0.25, 0.3) is 5.91 Å². The zero-order chi connectivity index (χ0) is 19.0. The maximum Gasteiger partial charge on any atom is 0.256 e. The van der Waals surface area contributed by atoms with E-state index >= 15 is 0 Å².